The molecule has 0 aromatic rings. The van der Waals surface area contributed by atoms with Crippen LogP contribution in [-0.4, -0.2) is 63.4 Å². The molecule has 0 unspecified atom stereocenters. The van der Waals surface area contributed by atoms with Gasteiger partial charge in [-0.15, -0.1) is 0 Å². The molecule has 0 aliphatic carbocycles. The van der Waals surface area contributed by atoms with E-state index >= 15 is 0 Å². The van der Waals surface area contributed by atoms with Gasteiger partial charge in [0, 0.05) is 24.3 Å². The molecular formula is C21H32N2O8. The SMILES string of the molecule is C=CC(=O)OCC(COC(=O)C=C)(COC(=O)C=C)COC(=O)C=C.NCCCCN. The molecule has 0 bridgehead atoms. The van der Waals surface area contributed by atoms with Gasteiger partial charge in [-0.2, -0.15) is 0 Å². The molecular weight excluding hydrogens is 408 g/mol. The van der Waals surface area contributed by atoms with Crippen molar-refractivity contribution in [3.05, 3.63) is 50.6 Å². The van der Waals surface area contributed by atoms with Crippen molar-refractivity contribution < 1.29 is 38.1 Å². The van der Waals surface area contributed by atoms with Gasteiger partial charge in [0.2, 0.25) is 0 Å². The first-order valence-corrected chi connectivity index (χ1v) is 9.31. The number of carbonyl (C=O) groups excluding carboxylic acids is 4. The first-order valence-electron chi connectivity index (χ1n) is 9.31. The number of rotatable bonds is 15. The van der Waals surface area contributed by atoms with E-state index in [2.05, 4.69) is 26.3 Å². The van der Waals surface area contributed by atoms with Crippen LogP contribution in [0.1, 0.15) is 12.8 Å². The summed E-state index contributed by atoms with van der Waals surface area (Å²) in [7, 11) is 0. The molecule has 0 atom stereocenters. The lowest BCUT2D eigenvalue weighted by atomic mass is 9.92. The lowest BCUT2D eigenvalue weighted by Crippen LogP contribution is -2.43. The molecule has 174 valence electrons. The molecule has 0 amide bonds. The van der Waals surface area contributed by atoms with E-state index in [9.17, 15) is 19.2 Å². The zero-order valence-corrected chi connectivity index (χ0v) is 17.7. The average molecular weight is 440 g/mol. The second-order valence-electron chi connectivity index (χ2n) is 6.03. The maximum absolute atomic E-state index is 11.3. The van der Waals surface area contributed by atoms with Gasteiger partial charge in [-0.05, 0) is 25.9 Å². The number of nitrogens with two attached hydrogens (primary N) is 2. The van der Waals surface area contributed by atoms with E-state index in [0.717, 1.165) is 50.2 Å². The predicted octanol–water partition coefficient (Wildman–Crippen LogP) is 0.574. The van der Waals surface area contributed by atoms with Gasteiger partial charge in [-0.25, -0.2) is 19.2 Å². The third kappa shape index (κ3) is 16.3. The lowest BCUT2D eigenvalue weighted by Gasteiger charge is -2.31. The summed E-state index contributed by atoms with van der Waals surface area (Å²) in [5, 5.41) is 0. The number of hydrogen-bond donors (Lipinski definition) is 2. The van der Waals surface area contributed by atoms with Gasteiger partial charge < -0.3 is 30.4 Å². The van der Waals surface area contributed by atoms with Gasteiger partial charge in [0.25, 0.3) is 0 Å². The summed E-state index contributed by atoms with van der Waals surface area (Å²) in [6, 6.07) is 0. The van der Waals surface area contributed by atoms with Crippen LogP contribution in [0.15, 0.2) is 50.6 Å². The van der Waals surface area contributed by atoms with Crippen LogP contribution in [0.4, 0.5) is 0 Å². The quantitative estimate of drug-likeness (QED) is 0.160. The molecule has 0 heterocycles. The third-order valence-corrected chi connectivity index (χ3v) is 3.41. The van der Waals surface area contributed by atoms with E-state index in [0.29, 0.717) is 0 Å². The molecule has 0 aliphatic heterocycles. The highest BCUT2D eigenvalue weighted by molar-refractivity contribution is 5.82. The molecule has 10 nitrogen and oxygen atoms in total. The monoisotopic (exact) mass is 440 g/mol. The van der Waals surface area contributed by atoms with Gasteiger partial charge in [0.15, 0.2) is 0 Å². The second-order valence-corrected chi connectivity index (χ2v) is 6.03. The minimum atomic E-state index is -1.34. The number of hydrogen-bond acceptors (Lipinski definition) is 10. The smallest absolute Gasteiger partial charge is 0.330 e. The number of carbonyl (C=O) groups is 4. The fourth-order valence-electron chi connectivity index (χ4n) is 1.67. The van der Waals surface area contributed by atoms with Crippen molar-refractivity contribution in [1.29, 1.82) is 0 Å². The predicted molar refractivity (Wildman–Crippen MR) is 114 cm³/mol. The Morgan fingerprint density at radius 1 is 0.581 bits per heavy atom. The minimum absolute atomic E-state index is 0.378. The van der Waals surface area contributed by atoms with Crippen LogP contribution in [-0.2, 0) is 38.1 Å². The largest absolute Gasteiger partial charge is 0.462 e. The Morgan fingerprint density at radius 2 is 0.806 bits per heavy atom. The van der Waals surface area contributed by atoms with Crippen molar-refractivity contribution in [2.45, 2.75) is 12.8 Å². The Morgan fingerprint density at radius 3 is 0.968 bits per heavy atom. The maximum atomic E-state index is 11.3. The molecule has 0 saturated carbocycles. The number of ether oxygens (including phenoxy) is 4. The highest BCUT2D eigenvalue weighted by Gasteiger charge is 2.37. The molecule has 0 radical (unpaired) electrons. The lowest BCUT2D eigenvalue weighted by molar-refractivity contribution is -0.164. The van der Waals surface area contributed by atoms with Crippen LogP contribution in [0, 0.1) is 5.41 Å². The van der Waals surface area contributed by atoms with E-state index in [1.54, 1.807) is 0 Å². The zero-order valence-electron chi connectivity index (χ0n) is 17.7. The fraction of sp³-hybridized carbons (Fsp3) is 0.429. The summed E-state index contributed by atoms with van der Waals surface area (Å²) in [6.45, 7) is 13.1. The van der Waals surface area contributed by atoms with Gasteiger partial charge in [0.1, 0.15) is 31.8 Å². The van der Waals surface area contributed by atoms with Crippen LogP contribution < -0.4 is 11.5 Å². The molecule has 0 aromatic carbocycles. The molecule has 0 aliphatic rings. The van der Waals surface area contributed by atoms with Crippen molar-refractivity contribution in [2.24, 2.45) is 16.9 Å². The molecule has 0 spiro atoms. The Balaban J connectivity index is 0. The topological polar surface area (TPSA) is 157 Å². The first kappa shape index (κ1) is 30.0. The van der Waals surface area contributed by atoms with Gasteiger partial charge in [-0.3, -0.25) is 0 Å². The summed E-state index contributed by atoms with van der Waals surface area (Å²) < 4.78 is 19.8. The van der Waals surface area contributed by atoms with Crippen LogP contribution >= 0.6 is 0 Å². The normalized spacial score (nSPS) is 9.74. The highest BCUT2D eigenvalue weighted by atomic mass is 16.6. The Bertz CT molecular complexity index is 525. The molecule has 0 rings (SSSR count). The fourth-order valence-corrected chi connectivity index (χ4v) is 1.67. The number of unbranched alkanes of at least 4 members (excludes halogenated alkanes) is 1. The second kappa shape index (κ2) is 18.8. The van der Waals surface area contributed by atoms with E-state index in [1.165, 1.54) is 0 Å². The van der Waals surface area contributed by atoms with Crippen LogP contribution in [0.5, 0.6) is 0 Å². The van der Waals surface area contributed by atoms with Crippen molar-refractivity contribution >= 4 is 23.9 Å². The Hall–Kier alpha value is -3.24. The minimum Gasteiger partial charge on any atom is -0.462 e. The van der Waals surface area contributed by atoms with Gasteiger partial charge in [0.05, 0.1) is 0 Å². The first-order chi connectivity index (χ1) is 14.7. The van der Waals surface area contributed by atoms with Crippen LogP contribution in [0.2, 0.25) is 0 Å². The standard InChI is InChI=1S/C17H20O8.C4H12N2/c1-5-13(18)22-9-17(10-23-14(19)6-2,11-24-15(20)7-3)12-25-16(21)8-4;5-3-1-2-4-6/h5-8H,1-4,9-12H2;1-6H2. The maximum Gasteiger partial charge on any atom is 0.330 e. The summed E-state index contributed by atoms with van der Waals surface area (Å²) in [5.41, 5.74) is 8.98. The van der Waals surface area contributed by atoms with Crippen LogP contribution in [0.3, 0.4) is 0 Å². The Labute approximate surface area is 182 Å². The molecule has 0 aromatic heterocycles. The van der Waals surface area contributed by atoms with Crippen molar-refractivity contribution in [1.82, 2.24) is 0 Å². The van der Waals surface area contributed by atoms with Gasteiger partial charge >= 0.3 is 23.9 Å². The number of esters is 4. The van der Waals surface area contributed by atoms with Crippen LogP contribution in [0.25, 0.3) is 0 Å². The third-order valence-electron chi connectivity index (χ3n) is 3.41. The van der Waals surface area contributed by atoms with E-state index in [4.69, 9.17) is 30.4 Å². The van der Waals surface area contributed by atoms with E-state index in [1.807, 2.05) is 0 Å². The summed E-state index contributed by atoms with van der Waals surface area (Å²) in [5.74, 6) is -3.04. The van der Waals surface area contributed by atoms with Crippen molar-refractivity contribution in [3.63, 3.8) is 0 Å². The van der Waals surface area contributed by atoms with Crippen molar-refractivity contribution in [3.8, 4) is 0 Å². The average Bonchev–Trinajstić information content (AvgIpc) is 2.80. The molecule has 10 heteroatoms. The van der Waals surface area contributed by atoms with E-state index in [-0.39, 0.29) is 26.4 Å². The highest BCUT2D eigenvalue weighted by Crippen LogP contribution is 2.21. The van der Waals surface area contributed by atoms with Crippen molar-refractivity contribution in [2.75, 3.05) is 39.5 Å². The summed E-state index contributed by atoms with van der Waals surface area (Å²) >= 11 is 0. The molecule has 0 saturated heterocycles. The summed E-state index contributed by atoms with van der Waals surface area (Å²) in [4.78, 5) is 45.3. The molecule has 31 heavy (non-hydrogen) atoms. The molecule has 4 N–H and O–H groups in total. The Kier molecular flexibility index (Phi) is 18.1. The zero-order chi connectivity index (χ0) is 24.1. The van der Waals surface area contributed by atoms with Gasteiger partial charge in [-0.1, -0.05) is 26.3 Å². The molecule has 0 fully saturated rings. The van der Waals surface area contributed by atoms with E-state index < -0.39 is 29.3 Å². The summed E-state index contributed by atoms with van der Waals surface area (Å²) in [6.07, 6.45) is 5.82.